The SMILES string of the molecule is O=C(O)CC/C(=N\O)c1ccc(NC(=O)C23CC4CC(CC(C4)C2)C3)cc1. The van der Waals surface area contributed by atoms with Crippen molar-refractivity contribution in [1.82, 2.24) is 0 Å². The molecule has 4 saturated carbocycles. The normalized spacial score (nSPS) is 31.7. The van der Waals surface area contributed by atoms with E-state index in [2.05, 4.69) is 10.5 Å². The van der Waals surface area contributed by atoms with Gasteiger partial charge in [0.1, 0.15) is 0 Å². The molecular formula is C21H26N2O4. The van der Waals surface area contributed by atoms with Crippen molar-refractivity contribution in [2.75, 3.05) is 5.32 Å². The van der Waals surface area contributed by atoms with E-state index in [4.69, 9.17) is 10.3 Å². The second-order valence-electron chi connectivity index (χ2n) is 8.67. The maximum atomic E-state index is 13.1. The van der Waals surface area contributed by atoms with E-state index in [0.29, 0.717) is 11.3 Å². The van der Waals surface area contributed by atoms with Crippen LogP contribution in [0.1, 0.15) is 56.9 Å². The Bertz CT molecular complexity index is 734. The number of carbonyl (C=O) groups is 2. The summed E-state index contributed by atoms with van der Waals surface area (Å²) in [6.45, 7) is 0. The summed E-state index contributed by atoms with van der Waals surface area (Å²) in [5.41, 5.74) is 1.53. The number of carbonyl (C=O) groups excluding carboxylic acids is 1. The fourth-order valence-corrected chi connectivity index (χ4v) is 5.88. The number of nitrogens with zero attached hydrogens (tertiary/aromatic N) is 1. The number of hydrogen-bond acceptors (Lipinski definition) is 4. The predicted molar refractivity (Wildman–Crippen MR) is 101 cm³/mol. The monoisotopic (exact) mass is 370 g/mol. The molecule has 0 heterocycles. The molecule has 4 bridgehead atoms. The van der Waals surface area contributed by atoms with Gasteiger partial charge in [-0.25, -0.2) is 0 Å². The van der Waals surface area contributed by atoms with Gasteiger partial charge in [0.2, 0.25) is 5.91 Å². The topological polar surface area (TPSA) is 99.0 Å². The maximum absolute atomic E-state index is 13.1. The number of carboxylic acids is 1. The smallest absolute Gasteiger partial charge is 0.303 e. The molecule has 6 heteroatoms. The summed E-state index contributed by atoms with van der Waals surface area (Å²) in [7, 11) is 0. The summed E-state index contributed by atoms with van der Waals surface area (Å²) in [4.78, 5) is 23.8. The molecule has 4 aliphatic rings. The third-order valence-corrected chi connectivity index (χ3v) is 6.69. The number of aliphatic carboxylic acids is 1. The average molecular weight is 370 g/mol. The van der Waals surface area contributed by atoms with Gasteiger partial charge in [0.15, 0.2) is 0 Å². The van der Waals surface area contributed by atoms with Gasteiger partial charge < -0.3 is 15.6 Å². The Balaban J connectivity index is 1.43. The van der Waals surface area contributed by atoms with E-state index in [1.54, 1.807) is 24.3 Å². The highest BCUT2D eigenvalue weighted by atomic mass is 16.4. The van der Waals surface area contributed by atoms with Gasteiger partial charge in [0.25, 0.3) is 0 Å². The number of benzene rings is 1. The maximum Gasteiger partial charge on any atom is 0.303 e. The lowest BCUT2D eigenvalue weighted by atomic mass is 9.49. The van der Waals surface area contributed by atoms with Gasteiger partial charge in [-0.2, -0.15) is 0 Å². The highest BCUT2D eigenvalue weighted by Crippen LogP contribution is 2.60. The van der Waals surface area contributed by atoms with E-state index in [-0.39, 0.29) is 24.2 Å². The Labute approximate surface area is 158 Å². The van der Waals surface area contributed by atoms with Crippen LogP contribution in [0.5, 0.6) is 0 Å². The summed E-state index contributed by atoms with van der Waals surface area (Å²) < 4.78 is 0. The van der Waals surface area contributed by atoms with Crippen molar-refractivity contribution in [3.05, 3.63) is 29.8 Å². The molecule has 0 aliphatic heterocycles. The van der Waals surface area contributed by atoms with E-state index in [0.717, 1.165) is 42.7 Å². The molecule has 6 nitrogen and oxygen atoms in total. The molecule has 1 aromatic rings. The van der Waals surface area contributed by atoms with E-state index in [9.17, 15) is 9.59 Å². The molecule has 4 aliphatic carbocycles. The van der Waals surface area contributed by atoms with Gasteiger partial charge in [-0.15, -0.1) is 0 Å². The highest BCUT2D eigenvalue weighted by Gasteiger charge is 2.54. The lowest BCUT2D eigenvalue weighted by molar-refractivity contribution is -0.140. The quantitative estimate of drug-likeness (QED) is 0.402. The number of carboxylic acid groups (broad SMARTS) is 1. The summed E-state index contributed by atoms with van der Waals surface area (Å²) in [6, 6.07) is 7.10. The Hall–Kier alpha value is -2.37. The number of rotatable bonds is 6. The standard InChI is InChI=1S/C21H26N2O4/c24-19(25)6-5-18(23-27)16-1-3-17(4-2-16)22-20(26)21-10-13-7-14(11-21)9-15(8-13)12-21/h1-4,13-15,27H,5-12H2,(H,22,26)(H,24,25)/b23-18+. The van der Waals surface area contributed by atoms with Crippen LogP contribution in [0.25, 0.3) is 0 Å². The van der Waals surface area contributed by atoms with Gasteiger partial charge in [0.05, 0.1) is 17.5 Å². The van der Waals surface area contributed by atoms with Gasteiger partial charge in [-0.3, -0.25) is 9.59 Å². The van der Waals surface area contributed by atoms with E-state index in [1.165, 1.54) is 19.3 Å². The minimum absolute atomic E-state index is 0.0934. The molecular weight excluding hydrogens is 344 g/mol. The third kappa shape index (κ3) is 3.57. The Kier molecular flexibility index (Phi) is 4.66. The Morgan fingerprint density at radius 1 is 1.00 bits per heavy atom. The van der Waals surface area contributed by atoms with Crippen molar-refractivity contribution >= 4 is 23.3 Å². The zero-order valence-corrected chi connectivity index (χ0v) is 15.4. The molecule has 3 N–H and O–H groups in total. The zero-order chi connectivity index (χ0) is 19.0. The van der Waals surface area contributed by atoms with Crippen LogP contribution < -0.4 is 5.32 Å². The van der Waals surface area contributed by atoms with Crippen molar-refractivity contribution in [1.29, 1.82) is 0 Å². The zero-order valence-electron chi connectivity index (χ0n) is 15.4. The van der Waals surface area contributed by atoms with E-state index >= 15 is 0 Å². The van der Waals surface area contributed by atoms with Crippen LogP contribution in [0.2, 0.25) is 0 Å². The minimum atomic E-state index is -0.935. The summed E-state index contributed by atoms with van der Waals surface area (Å²) in [5.74, 6) is 1.39. The van der Waals surface area contributed by atoms with Gasteiger partial charge in [0, 0.05) is 12.1 Å². The van der Waals surface area contributed by atoms with E-state index in [1.807, 2.05) is 0 Å². The van der Waals surface area contributed by atoms with E-state index < -0.39 is 5.97 Å². The third-order valence-electron chi connectivity index (χ3n) is 6.69. The lowest BCUT2D eigenvalue weighted by Gasteiger charge is -2.55. The average Bonchev–Trinajstić information content (AvgIpc) is 2.62. The number of amides is 1. The second kappa shape index (κ2) is 6.98. The molecule has 0 unspecified atom stereocenters. The van der Waals surface area contributed by atoms with Crippen LogP contribution in [0.15, 0.2) is 29.4 Å². The Morgan fingerprint density at radius 2 is 1.56 bits per heavy atom. The molecule has 4 fully saturated rings. The number of hydrogen-bond donors (Lipinski definition) is 3. The summed E-state index contributed by atoms with van der Waals surface area (Å²) >= 11 is 0. The highest BCUT2D eigenvalue weighted by molar-refractivity contribution is 6.02. The number of oxime groups is 1. The largest absolute Gasteiger partial charge is 0.481 e. The molecule has 0 saturated heterocycles. The van der Waals surface area contributed by atoms with Gasteiger partial charge in [-0.05, 0) is 74.0 Å². The van der Waals surface area contributed by atoms with Crippen LogP contribution in [-0.4, -0.2) is 27.9 Å². The van der Waals surface area contributed by atoms with Crippen LogP contribution in [-0.2, 0) is 9.59 Å². The van der Waals surface area contributed by atoms with Crippen molar-refractivity contribution in [3.63, 3.8) is 0 Å². The predicted octanol–water partition coefficient (Wildman–Crippen LogP) is 3.88. The summed E-state index contributed by atoms with van der Waals surface area (Å²) in [5, 5.41) is 24.2. The first-order chi connectivity index (χ1) is 13.0. The Morgan fingerprint density at radius 3 is 2.04 bits per heavy atom. The number of nitrogens with one attached hydrogen (secondary N) is 1. The van der Waals surface area contributed by atoms with Crippen molar-refractivity contribution in [2.45, 2.75) is 51.4 Å². The van der Waals surface area contributed by atoms with Crippen LogP contribution in [0, 0.1) is 23.2 Å². The van der Waals surface area contributed by atoms with Crippen LogP contribution in [0.4, 0.5) is 5.69 Å². The fourth-order valence-electron chi connectivity index (χ4n) is 5.88. The molecule has 0 radical (unpaired) electrons. The molecule has 1 aromatic carbocycles. The second-order valence-corrected chi connectivity index (χ2v) is 8.67. The van der Waals surface area contributed by atoms with Crippen molar-refractivity contribution < 1.29 is 19.9 Å². The number of anilines is 1. The first kappa shape index (κ1) is 18.0. The molecule has 27 heavy (non-hydrogen) atoms. The first-order valence-electron chi connectivity index (χ1n) is 9.82. The fraction of sp³-hybridized carbons (Fsp3) is 0.571. The molecule has 0 aromatic heterocycles. The molecule has 0 atom stereocenters. The van der Waals surface area contributed by atoms with Crippen LogP contribution in [0.3, 0.4) is 0 Å². The summed E-state index contributed by atoms with van der Waals surface area (Å²) in [6.07, 6.45) is 7.06. The van der Waals surface area contributed by atoms with Crippen molar-refractivity contribution in [2.24, 2.45) is 28.3 Å². The molecule has 5 rings (SSSR count). The lowest BCUT2D eigenvalue weighted by Crippen LogP contribution is -2.51. The molecule has 0 spiro atoms. The van der Waals surface area contributed by atoms with Crippen LogP contribution >= 0.6 is 0 Å². The first-order valence-corrected chi connectivity index (χ1v) is 9.82. The molecule has 144 valence electrons. The van der Waals surface area contributed by atoms with Gasteiger partial charge >= 0.3 is 5.97 Å². The minimum Gasteiger partial charge on any atom is -0.481 e. The van der Waals surface area contributed by atoms with Crippen molar-refractivity contribution in [3.8, 4) is 0 Å². The molecule has 1 amide bonds. The van der Waals surface area contributed by atoms with Gasteiger partial charge in [-0.1, -0.05) is 17.3 Å².